The molecule has 5 nitrogen and oxygen atoms in total. The predicted octanol–water partition coefficient (Wildman–Crippen LogP) is 4.23. The third-order valence-electron chi connectivity index (χ3n) is 4.14. The van der Waals surface area contributed by atoms with Gasteiger partial charge in [0.2, 0.25) is 0 Å². The topological polar surface area (TPSA) is 56.8 Å². The number of carbonyl (C=O) groups excluding carboxylic acids is 1. The summed E-state index contributed by atoms with van der Waals surface area (Å²) >= 11 is 0. The van der Waals surface area contributed by atoms with Crippen LogP contribution in [0.1, 0.15) is 42.2 Å². The Bertz CT molecular complexity index is 703. The van der Waals surface area contributed by atoms with E-state index in [0.717, 1.165) is 17.7 Å². The standard InChI is InChI=1S/C21H27NO4/c1-14(2)10-20(15-6-8-17(24-3)9-7-15)22-21(23)16-11-18(25-4)13-19(12-16)26-5/h6-9,11-14,20H,10H2,1-5H3,(H,22,23). The lowest BCUT2D eigenvalue weighted by atomic mass is 9.96. The zero-order chi connectivity index (χ0) is 19.1. The largest absolute Gasteiger partial charge is 0.497 e. The van der Waals surface area contributed by atoms with Gasteiger partial charge >= 0.3 is 0 Å². The van der Waals surface area contributed by atoms with Gasteiger partial charge < -0.3 is 19.5 Å². The van der Waals surface area contributed by atoms with Gasteiger partial charge in [-0.25, -0.2) is 0 Å². The molecular formula is C21H27NO4. The summed E-state index contributed by atoms with van der Waals surface area (Å²) in [6, 6.07) is 12.8. The van der Waals surface area contributed by atoms with E-state index in [4.69, 9.17) is 14.2 Å². The van der Waals surface area contributed by atoms with Crippen molar-refractivity contribution in [2.45, 2.75) is 26.3 Å². The molecule has 0 saturated carbocycles. The molecule has 0 bridgehead atoms. The van der Waals surface area contributed by atoms with Gasteiger partial charge in [0.25, 0.3) is 5.91 Å². The fourth-order valence-electron chi connectivity index (χ4n) is 2.77. The van der Waals surface area contributed by atoms with Crippen LogP contribution in [0.4, 0.5) is 0 Å². The smallest absolute Gasteiger partial charge is 0.252 e. The summed E-state index contributed by atoms with van der Waals surface area (Å²) < 4.78 is 15.7. The monoisotopic (exact) mass is 357 g/mol. The van der Waals surface area contributed by atoms with Crippen molar-refractivity contribution >= 4 is 5.91 Å². The third-order valence-corrected chi connectivity index (χ3v) is 4.14. The van der Waals surface area contributed by atoms with Crippen molar-refractivity contribution in [1.82, 2.24) is 5.32 Å². The van der Waals surface area contributed by atoms with Gasteiger partial charge in [-0.2, -0.15) is 0 Å². The molecule has 1 N–H and O–H groups in total. The number of carbonyl (C=O) groups is 1. The molecule has 2 aromatic carbocycles. The Morgan fingerprint density at radius 2 is 1.42 bits per heavy atom. The average molecular weight is 357 g/mol. The lowest BCUT2D eigenvalue weighted by Crippen LogP contribution is -2.29. The number of nitrogens with one attached hydrogen (secondary N) is 1. The second-order valence-corrected chi connectivity index (χ2v) is 6.53. The van der Waals surface area contributed by atoms with Gasteiger partial charge in [-0.05, 0) is 42.2 Å². The second kappa shape index (κ2) is 9.13. The molecule has 0 aromatic heterocycles. The Hall–Kier alpha value is -2.69. The van der Waals surface area contributed by atoms with Crippen molar-refractivity contribution in [2.24, 2.45) is 5.92 Å². The number of methoxy groups -OCH3 is 3. The van der Waals surface area contributed by atoms with E-state index in [1.807, 2.05) is 24.3 Å². The Balaban J connectivity index is 2.25. The third kappa shape index (κ3) is 5.15. The van der Waals surface area contributed by atoms with E-state index in [2.05, 4.69) is 19.2 Å². The van der Waals surface area contributed by atoms with Crippen molar-refractivity contribution in [3.05, 3.63) is 53.6 Å². The van der Waals surface area contributed by atoms with E-state index in [1.54, 1.807) is 39.5 Å². The first-order valence-electron chi connectivity index (χ1n) is 8.64. The van der Waals surface area contributed by atoms with E-state index in [-0.39, 0.29) is 11.9 Å². The lowest BCUT2D eigenvalue weighted by molar-refractivity contribution is 0.0931. The molecule has 0 aliphatic carbocycles. The molecular weight excluding hydrogens is 330 g/mol. The van der Waals surface area contributed by atoms with Gasteiger partial charge in [-0.1, -0.05) is 26.0 Å². The molecule has 0 aliphatic heterocycles. The SMILES string of the molecule is COc1ccc(C(CC(C)C)NC(=O)c2cc(OC)cc(OC)c2)cc1. The minimum absolute atomic E-state index is 0.0920. The Kier molecular flexibility index (Phi) is 6.89. The molecule has 0 saturated heterocycles. The van der Waals surface area contributed by atoms with E-state index < -0.39 is 0 Å². The normalized spacial score (nSPS) is 11.8. The minimum Gasteiger partial charge on any atom is -0.497 e. The first-order valence-corrected chi connectivity index (χ1v) is 8.64. The maximum atomic E-state index is 12.8. The van der Waals surface area contributed by atoms with Gasteiger partial charge in [0.05, 0.1) is 27.4 Å². The van der Waals surface area contributed by atoms with Crippen molar-refractivity contribution in [3.63, 3.8) is 0 Å². The first-order chi connectivity index (χ1) is 12.5. The molecule has 0 fully saturated rings. The van der Waals surface area contributed by atoms with E-state index in [1.165, 1.54) is 0 Å². The van der Waals surface area contributed by atoms with Crippen LogP contribution in [0, 0.1) is 5.92 Å². The average Bonchev–Trinajstić information content (AvgIpc) is 2.66. The summed E-state index contributed by atoms with van der Waals surface area (Å²) in [5.74, 6) is 2.23. The summed E-state index contributed by atoms with van der Waals surface area (Å²) in [7, 11) is 4.77. The number of rotatable bonds is 8. The highest BCUT2D eigenvalue weighted by Crippen LogP contribution is 2.26. The zero-order valence-electron chi connectivity index (χ0n) is 16.0. The molecule has 2 aromatic rings. The quantitative estimate of drug-likeness (QED) is 0.768. The summed E-state index contributed by atoms with van der Waals surface area (Å²) in [5, 5.41) is 3.13. The first kappa shape index (κ1) is 19.6. The van der Waals surface area contributed by atoms with Crippen LogP contribution in [0.2, 0.25) is 0 Å². The predicted molar refractivity (Wildman–Crippen MR) is 102 cm³/mol. The highest BCUT2D eigenvalue weighted by molar-refractivity contribution is 5.95. The maximum absolute atomic E-state index is 12.8. The maximum Gasteiger partial charge on any atom is 0.252 e. The van der Waals surface area contributed by atoms with Crippen molar-refractivity contribution < 1.29 is 19.0 Å². The summed E-state index contributed by atoms with van der Waals surface area (Å²) in [6.45, 7) is 4.27. The Morgan fingerprint density at radius 1 is 0.885 bits per heavy atom. The lowest BCUT2D eigenvalue weighted by Gasteiger charge is -2.22. The van der Waals surface area contributed by atoms with Gasteiger partial charge in [0, 0.05) is 11.6 Å². The van der Waals surface area contributed by atoms with Crippen LogP contribution in [-0.2, 0) is 0 Å². The van der Waals surface area contributed by atoms with Gasteiger partial charge in [0.15, 0.2) is 0 Å². The fraction of sp³-hybridized carbons (Fsp3) is 0.381. The second-order valence-electron chi connectivity index (χ2n) is 6.53. The molecule has 1 amide bonds. The summed E-state index contributed by atoms with van der Waals surface area (Å²) in [4.78, 5) is 12.8. The molecule has 0 heterocycles. The highest BCUT2D eigenvalue weighted by Gasteiger charge is 2.18. The number of hydrogen-bond acceptors (Lipinski definition) is 4. The van der Waals surface area contributed by atoms with Crippen LogP contribution in [0.15, 0.2) is 42.5 Å². The molecule has 0 radical (unpaired) electrons. The van der Waals surface area contributed by atoms with Crippen LogP contribution in [0.3, 0.4) is 0 Å². The molecule has 2 rings (SSSR count). The van der Waals surface area contributed by atoms with Crippen LogP contribution in [0.25, 0.3) is 0 Å². The van der Waals surface area contributed by atoms with Crippen LogP contribution in [0.5, 0.6) is 17.2 Å². The number of benzene rings is 2. The van der Waals surface area contributed by atoms with Gasteiger partial charge in [-0.3, -0.25) is 4.79 Å². The zero-order valence-corrected chi connectivity index (χ0v) is 16.0. The molecule has 0 aliphatic rings. The van der Waals surface area contributed by atoms with Crippen LogP contribution in [-0.4, -0.2) is 27.2 Å². The molecule has 140 valence electrons. The molecule has 0 spiro atoms. The minimum atomic E-state index is -0.163. The summed E-state index contributed by atoms with van der Waals surface area (Å²) in [5.41, 5.74) is 1.55. The van der Waals surface area contributed by atoms with E-state index in [0.29, 0.717) is 23.0 Å². The molecule has 26 heavy (non-hydrogen) atoms. The Morgan fingerprint density at radius 3 is 1.88 bits per heavy atom. The van der Waals surface area contributed by atoms with Gasteiger partial charge in [-0.15, -0.1) is 0 Å². The highest BCUT2D eigenvalue weighted by atomic mass is 16.5. The van der Waals surface area contributed by atoms with Crippen molar-refractivity contribution in [2.75, 3.05) is 21.3 Å². The number of ether oxygens (including phenoxy) is 3. The number of hydrogen-bond donors (Lipinski definition) is 1. The van der Waals surface area contributed by atoms with Crippen LogP contribution < -0.4 is 19.5 Å². The number of amides is 1. The summed E-state index contributed by atoms with van der Waals surface area (Å²) in [6.07, 6.45) is 0.833. The van der Waals surface area contributed by atoms with E-state index >= 15 is 0 Å². The Labute approximate surface area is 155 Å². The van der Waals surface area contributed by atoms with Crippen LogP contribution >= 0.6 is 0 Å². The molecule has 1 unspecified atom stereocenters. The van der Waals surface area contributed by atoms with Crippen molar-refractivity contribution in [3.8, 4) is 17.2 Å². The van der Waals surface area contributed by atoms with E-state index in [9.17, 15) is 4.79 Å². The molecule has 1 atom stereocenters. The van der Waals surface area contributed by atoms with Crippen molar-refractivity contribution in [1.29, 1.82) is 0 Å². The fourth-order valence-corrected chi connectivity index (χ4v) is 2.77. The van der Waals surface area contributed by atoms with Gasteiger partial charge in [0.1, 0.15) is 17.2 Å². The molecule has 5 heteroatoms.